The molecular weight excluding hydrogens is 418 g/mol. The summed E-state index contributed by atoms with van der Waals surface area (Å²) in [5.41, 5.74) is 4.55. The number of halogens is 1. The fourth-order valence-electron chi connectivity index (χ4n) is 4.00. The van der Waals surface area contributed by atoms with Gasteiger partial charge in [-0.1, -0.05) is 70.5 Å². The third kappa shape index (κ3) is 2.85. The molecule has 4 unspecified atom stereocenters. The van der Waals surface area contributed by atoms with E-state index < -0.39 is 0 Å². The highest BCUT2D eigenvalue weighted by Gasteiger charge is 2.59. The summed E-state index contributed by atoms with van der Waals surface area (Å²) < 4.78 is 1.04. The van der Waals surface area contributed by atoms with Crippen LogP contribution in [0.4, 0.5) is 5.69 Å². The van der Waals surface area contributed by atoms with E-state index in [1.165, 1.54) is 0 Å². The molecule has 2 heterocycles. The van der Waals surface area contributed by atoms with E-state index in [9.17, 15) is 10.1 Å². The van der Waals surface area contributed by atoms with Gasteiger partial charge < -0.3 is 0 Å². The smallest absolute Gasteiger partial charge is 0.263 e. The standard InChI is InChI=1S/C22H16BrN3O2/c23-17-10-6-16(7-11-17)22-24-19(14-4-2-1-3-5-14)21-20(25(21)22)15-8-12-18(13-9-15)26(27)28/h1-13,20-22H. The Morgan fingerprint density at radius 3 is 2.14 bits per heavy atom. The zero-order valence-electron chi connectivity index (χ0n) is 14.8. The van der Waals surface area contributed by atoms with Crippen molar-refractivity contribution in [3.63, 3.8) is 0 Å². The number of hydrogen-bond donors (Lipinski definition) is 0. The Morgan fingerprint density at radius 2 is 1.50 bits per heavy atom. The van der Waals surface area contributed by atoms with Gasteiger partial charge in [0.1, 0.15) is 6.17 Å². The number of aliphatic imine (C=N–C) groups is 1. The van der Waals surface area contributed by atoms with E-state index in [0.29, 0.717) is 0 Å². The van der Waals surface area contributed by atoms with E-state index in [-0.39, 0.29) is 28.9 Å². The second-order valence-corrected chi connectivity index (χ2v) is 7.91. The predicted octanol–water partition coefficient (Wildman–Crippen LogP) is 5.28. The molecule has 3 aromatic rings. The summed E-state index contributed by atoms with van der Waals surface area (Å²) in [4.78, 5) is 18.0. The van der Waals surface area contributed by atoms with Gasteiger partial charge in [-0.15, -0.1) is 0 Å². The van der Waals surface area contributed by atoms with Gasteiger partial charge in [0.2, 0.25) is 0 Å². The van der Waals surface area contributed by atoms with Gasteiger partial charge >= 0.3 is 0 Å². The molecule has 0 aromatic heterocycles. The molecule has 5 rings (SSSR count). The SMILES string of the molecule is O=[N+]([O-])c1ccc(C2C3C(c4ccccc4)=NC(c4ccc(Br)cc4)N32)cc1. The van der Waals surface area contributed by atoms with E-state index in [1.54, 1.807) is 12.1 Å². The second-order valence-electron chi connectivity index (χ2n) is 6.99. The molecule has 0 radical (unpaired) electrons. The molecule has 2 aliphatic heterocycles. The first kappa shape index (κ1) is 17.3. The lowest BCUT2D eigenvalue weighted by atomic mass is 10.0. The highest BCUT2D eigenvalue weighted by molar-refractivity contribution is 9.10. The van der Waals surface area contributed by atoms with Crippen molar-refractivity contribution in [2.24, 2.45) is 4.99 Å². The monoisotopic (exact) mass is 433 g/mol. The van der Waals surface area contributed by atoms with Crippen molar-refractivity contribution in [1.29, 1.82) is 0 Å². The molecular formula is C22H16BrN3O2. The van der Waals surface area contributed by atoms with Gasteiger partial charge in [-0.2, -0.15) is 0 Å². The first-order chi connectivity index (χ1) is 13.6. The van der Waals surface area contributed by atoms with Crippen LogP contribution in [-0.4, -0.2) is 21.6 Å². The number of nitro groups is 1. The maximum absolute atomic E-state index is 11.0. The maximum atomic E-state index is 11.0. The Kier molecular flexibility index (Phi) is 4.10. The van der Waals surface area contributed by atoms with Gasteiger partial charge in [0.15, 0.2) is 0 Å². The number of nitro benzene ring substituents is 1. The van der Waals surface area contributed by atoms with E-state index in [1.807, 2.05) is 42.5 Å². The fraction of sp³-hybridized carbons (Fsp3) is 0.136. The van der Waals surface area contributed by atoms with Crippen LogP contribution in [0.2, 0.25) is 0 Å². The topological polar surface area (TPSA) is 58.5 Å². The third-order valence-electron chi connectivity index (χ3n) is 5.36. The molecule has 0 aliphatic carbocycles. The summed E-state index contributed by atoms with van der Waals surface area (Å²) in [6.07, 6.45) is -0.0477. The minimum Gasteiger partial charge on any atom is -0.263 e. The number of benzene rings is 3. The molecule has 1 saturated heterocycles. The lowest BCUT2D eigenvalue weighted by molar-refractivity contribution is -0.384. The summed E-state index contributed by atoms with van der Waals surface area (Å²) in [6.45, 7) is 0. The molecule has 5 nitrogen and oxygen atoms in total. The van der Waals surface area contributed by atoms with E-state index in [2.05, 4.69) is 45.1 Å². The lowest BCUT2D eigenvalue weighted by Gasteiger charge is -2.14. The summed E-state index contributed by atoms with van der Waals surface area (Å²) in [5, 5.41) is 11.0. The van der Waals surface area contributed by atoms with Crippen molar-refractivity contribution in [2.75, 3.05) is 0 Å². The summed E-state index contributed by atoms with van der Waals surface area (Å²) >= 11 is 3.49. The van der Waals surface area contributed by atoms with Crippen molar-refractivity contribution in [3.05, 3.63) is 110 Å². The normalized spacial score (nSPS) is 25.1. The molecule has 1 fully saturated rings. The molecule has 0 spiro atoms. The van der Waals surface area contributed by atoms with Gasteiger partial charge in [0, 0.05) is 16.6 Å². The van der Waals surface area contributed by atoms with Crippen LogP contribution in [0, 0.1) is 10.1 Å². The minimum atomic E-state index is -0.362. The highest BCUT2D eigenvalue weighted by atomic mass is 79.9. The Balaban J connectivity index is 1.53. The van der Waals surface area contributed by atoms with Crippen LogP contribution in [0.3, 0.4) is 0 Å². The average Bonchev–Trinajstić information content (AvgIpc) is 3.33. The lowest BCUT2D eigenvalue weighted by Crippen LogP contribution is -2.08. The number of rotatable bonds is 4. The van der Waals surface area contributed by atoms with Crippen molar-refractivity contribution in [3.8, 4) is 0 Å². The fourth-order valence-corrected chi connectivity index (χ4v) is 4.27. The molecule has 0 saturated carbocycles. The quantitative estimate of drug-likeness (QED) is 0.319. The van der Waals surface area contributed by atoms with Crippen LogP contribution in [0.15, 0.2) is 88.3 Å². The van der Waals surface area contributed by atoms with Gasteiger partial charge in [-0.05, 0) is 28.8 Å². The number of non-ortho nitro benzene ring substituents is 1. The van der Waals surface area contributed by atoms with Crippen LogP contribution in [0.5, 0.6) is 0 Å². The minimum absolute atomic E-state index is 0.0477. The van der Waals surface area contributed by atoms with Gasteiger partial charge in [0.25, 0.3) is 5.69 Å². The predicted molar refractivity (Wildman–Crippen MR) is 111 cm³/mol. The zero-order chi connectivity index (χ0) is 19.3. The van der Waals surface area contributed by atoms with Crippen molar-refractivity contribution < 1.29 is 4.92 Å². The van der Waals surface area contributed by atoms with Crippen molar-refractivity contribution in [1.82, 2.24) is 4.90 Å². The number of nitrogens with zero attached hydrogens (tertiary/aromatic N) is 3. The van der Waals surface area contributed by atoms with Gasteiger partial charge in [0.05, 0.1) is 22.7 Å². The van der Waals surface area contributed by atoms with E-state index >= 15 is 0 Å². The van der Waals surface area contributed by atoms with Crippen LogP contribution >= 0.6 is 15.9 Å². The third-order valence-corrected chi connectivity index (χ3v) is 5.89. The highest BCUT2D eigenvalue weighted by Crippen LogP contribution is 2.55. The largest absolute Gasteiger partial charge is 0.269 e. The van der Waals surface area contributed by atoms with Crippen LogP contribution < -0.4 is 0 Å². The molecule has 0 amide bonds. The zero-order valence-corrected chi connectivity index (χ0v) is 16.4. The maximum Gasteiger partial charge on any atom is 0.269 e. The first-order valence-electron chi connectivity index (χ1n) is 9.04. The van der Waals surface area contributed by atoms with Crippen molar-refractivity contribution in [2.45, 2.75) is 18.2 Å². The van der Waals surface area contributed by atoms with Crippen LogP contribution in [-0.2, 0) is 0 Å². The Labute approximate surface area is 170 Å². The molecule has 0 bridgehead atoms. The van der Waals surface area contributed by atoms with Crippen molar-refractivity contribution >= 4 is 27.3 Å². The molecule has 4 atom stereocenters. The number of fused-ring (bicyclic) bond motifs is 1. The summed E-state index contributed by atoms with van der Waals surface area (Å²) in [7, 11) is 0. The van der Waals surface area contributed by atoms with Crippen LogP contribution in [0.25, 0.3) is 0 Å². The molecule has 138 valence electrons. The molecule has 2 aliphatic rings. The molecule has 0 N–H and O–H groups in total. The average molecular weight is 434 g/mol. The molecule has 3 aromatic carbocycles. The van der Waals surface area contributed by atoms with E-state index in [4.69, 9.17) is 4.99 Å². The summed E-state index contributed by atoms with van der Waals surface area (Å²) in [5.74, 6) is 0. The molecule has 28 heavy (non-hydrogen) atoms. The summed E-state index contributed by atoms with van der Waals surface area (Å²) in [6, 6.07) is 25.7. The van der Waals surface area contributed by atoms with E-state index in [0.717, 1.165) is 26.9 Å². The van der Waals surface area contributed by atoms with Gasteiger partial charge in [-0.3, -0.25) is 20.0 Å². The first-order valence-corrected chi connectivity index (χ1v) is 9.83. The Morgan fingerprint density at radius 1 is 0.857 bits per heavy atom. The second kappa shape index (κ2) is 6.65. The number of hydrogen-bond acceptors (Lipinski definition) is 4. The Hall–Kier alpha value is -2.83. The van der Waals surface area contributed by atoms with Crippen LogP contribution in [0.1, 0.15) is 28.9 Å². The molecule has 6 heteroatoms. The van der Waals surface area contributed by atoms with Gasteiger partial charge in [-0.25, -0.2) is 0 Å². The Bertz CT molecular complexity index is 1070.